The molecule has 4 atom stereocenters. The number of carbonyl (C=O) groups excluding carboxylic acids is 11. The van der Waals surface area contributed by atoms with Crippen molar-refractivity contribution in [3.05, 3.63) is 171 Å². The molecule has 2 unspecified atom stereocenters. The summed E-state index contributed by atoms with van der Waals surface area (Å²) in [6.07, 6.45) is 5.31. The Labute approximate surface area is 674 Å². The second kappa shape index (κ2) is 41.5. The molecule has 8 aliphatic heterocycles. The van der Waals surface area contributed by atoms with Crippen molar-refractivity contribution in [3.8, 4) is 0 Å². The number of rotatable bonds is 37. The van der Waals surface area contributed by atoms with Gasteiger partial charge in [-0.3, -0.25) is 87.8 Å². The van der Waals surface area contributed by atoms with Crippen molar-refractivity contribution < 1.29 is 91.8 Å². The van der Waals surface area contributed by atoms with Crippen molar-refractivity contribution in [2.75, 3.05) is 141 Å². The second-order valence-corrected chi connectivity index (χ2v) is 29.6. The number of β-amino-alcohol motifs (C(OH)–C–C–N with tert-alkyl or cyclic N) is 2. The van der Waals surface area contributed by atoms with Crippen LogP contribution in [0.5, 0.6) is 0 Å². The molecule has 10 N–H and O–H groups in total. The summed E-state index contributed by atoms with van der Waals surface area (Å²) in [5.74, 6) is -4.92. The highest BCUT2D eigenvalue weighted by Gasteiger charge is 2.47. The highest BCUT2D eigenvalue weighted by molar-refractivity contribution is 6.26. The molecule has 4 fully saturated rings. The number of hydrogen-bond donors (Lipinski definition) is 10. The fourth-order valence-corrected chi connectivity index (χ4v) is 14.9. The molecule has 0 bridgehead atoms. The van der Waals surface area contributed by atoms with E-state index in [4.69, 9.17) is 24.1 Å². The molecule has 4 saturated heterocycles. The van der Waals surface area contributed by atoms with E-state index in [1.54, 1.807) is 41.3 Å². The Morgan fingerprint density at radius 2 is 1.05 bits per heavy atom. The van der Waals surface area contributed by atoms with Crippen LogP contribution >= 0.6 is 0 Å². The van der Waals surface area contributed by atoms with E-state index >= 15 is 0 Å². The maximum Gasteiger partial charge on any atom is 0.305 e. The van der Waals surface area contributed by atoms with Crippen LogP contribution in [0.3, 0.4) is 0 Å². The van der Waals surface area contributed by atoms with Gasteiger partial charge >= 0.3 is 5.97 Å². The van der Waals surface area contributed by atoms with Gasteiger partial charge in [0.2, 0.25) is 29.5 Å². The van der Waals surface area contributed by atoms with Crippen molar-refractivity contribution in [3.63, 3.8) is 0 Å². The molecule has 10 amide bonds. The molecule has 10 heterocycles. The summed E-state index contributed by atoms with van der Waals surface area (Å²) in [5.41, 5.74) is 8.38. The van der Waals surface area contributed by atoms with Crippen molar-refractivity contribution in [1.29, 1.82) is 0 Å². The molecule has 0 spiro atoms. The fraction of sp³-hybridized carbons (Fsp3) is 0.463. The van der Waals surface area contributed by atoms with Gasteiger partial charge in [0.05, 0.1) is 106 Å². The van der Waals surface area contributed by atoms with Gasteiger partial charge in [0, 0.05) is 127 Å². The molecule has 14 rings (SSSR count). The SMILES string of the molecule is O=C(CC[C@H](O)CN1CCc2ccccc2C1)c1cc(NC2CNC2)ncn1.O=C(O)CCOCCOCCNc1cccc2c1C(=O)N(C1CCC(=O)NC1=O)C2=O.O=C1CCC(N2C(=O)c3cccc(NCCOCCOCCC(=O)N4CC(Cc5cc(C(=O)NC[C@H](O)CN6CCc7ccccc7C6)ncn5)C4)c3C2=O)C(=O)N1. The summed E-state index contributed by atoms with van der Waals surface area (Å²) < 4.78 is 21.7. The Morgan fingerprint density at radius 1 is 0.538 bits per heavy atom. The van der Waals surface area contributed by atoms with Crippen molar-refractivity contribution in [2.24, 2.45) is 5.92 Å². The standard InChI is InChI=1S/C41H48N8O9.C21H27N5O2.C20H23N3O8/c50-30(24-47-13-10-27-4-1-2-5-28(27)23-47)20-43-38(53)33-19-29(44-25-45-33)18-26-21-48(22-26)36(52)11-14-57-16-17-58-15-12-42-32-7-3-6-31-37(32)41(56)49(40(31)55)34-8-9-35(51)46-39(34)54;27-18(13-26-8-7-15-3-1-2-4-16(15)12-26)5-6-20(28)19-9-21(24-14-23-19)25-17-10-22-11-17;24-15-5-4-14(18(27)22-15)23-19(28)12-2-1-3-13(17(12)20(23)29)21-7-9-31-11-10-30-8-6-16(25)26/h1-7,19,25-26,30,34,42,50H,8-18,20-24H2,(H,43,53)(H,46,51,54);1-4,9,14,17-18,22,27H,5-8,10-13H2,(H,23,24,25);1-3,14,21H,4-11H2,(H,25,26)(H,22,24,27)/t30-,34?;18-;/m00./s1. The maximum atomic E-state index is 13.2. The number of nitrogens with one attached hydrogen (secondary N) is 7. The molecule has 2 aromatic heterocycles. The van der Waals surface area contributed by atoms with Crippen molar-refractivity contribution in [1.82, 2.24) is 65.7 Å². The first kappa shape index (κ1) is 85.1. The zero-order chi connectivity index (χ0) is 82.3. The number of ketones is 1. The zero-order valence-electron chi connectivity index (χ0n) is 64.9. The molecule has 35 heteroatoms. The zero-order valence-corrected chi connectivity index (χ0v) is 64.9. The topological polar surface area (TPSA) is 454 Å². The number of aliphatic hydroxyl groups is 2. The highest BCUT2D eigenvalue weighted by Crippen LogP contribution is 2.35. The first-order valence-corrected chi connectivity index (χ1v) is 39.5. The third kappa shape index (κ3) is 23.1. The van der Waals surface area contributed by atoms with Gasteiger partial charge in [-0.1, -0.05) is 60.7 Å². The summed E-state index contributed by atoms with van der Waals surface area (Å²) in [6.45, 7) is 10.4. The van der Waals surface area contributed by atoms with Gasteiger partial charge < -0.3 is 65.8 Å². The molecule has 620 valence electrons. The average molecular weight is 1610 g/mol. The largest absolute Gasteiger partial charge is 0.481 e. The minimum atomic E-state index is -1.03. The number of piperidine rings is 2. The van der Waals surface area contributed by atoms with Gasteiger partial charge in [-0.15, -0.1) is 0 Å². The van der Waals surface area contributed by atoms with Crippen LogP contribution in [-0.2, 0) is 80.1 Å². The van der Waals surface area contributed by atoms with Crippen LogP contribution in [0.4, 0.5) is 17.2 Å². The van der Waals surface area contributed by atoms with E-state index in [1.807, 2.05) is 12.1 Å². The van der Waals surface area contributed by atoms with Crippen LogP contribution in [0.2, 0.25) is 0 Å². The van der Waals surface area contributed by atoms with Crippen LogP contribution < -0.4 is 37.2 Å². The van der Waals surface area contributed by atoms with Gasteiger partial charge in [-0.25, -0.2) is 19.9 Å². The Kier molecular flexibility index (Phi) is 30.2. The van der Waals surface area contributed by atoms with Crippen LogP contribution in [0.25, 0.3) is 0 Å². The molecular formula is C82H98N16O19. The number of hydrogen-bond acceptors (Lipinski definition) is 28. The predicted octanol–water partition coefficient (Wildman–Crippen LogP) is 1.81. The minimum absolute atomic E-state index is 0.00367. The first-order valence-electron chi connectivity index (χ1n) is 39.5. The number of carboxylic acids is 1. The lowest BCUT2D eigenvalue weighted by atomic mass is 9.94. The number of carbonyl (C=O) groups is 12. The number of benzene rings is 4. The van der Waals surface area contributed by atoms with E-state index in [2.05, 4.69) is 103 Å². The quantitative estimate of drug-likeness (QED) is 0.0151. The molecule has 117 heavy (non-hydrogen) atoms. The summed E-state index contributed by atoms with van der Waals surface area (Å²) in [5, 5.41) is 49.3. The molecule has 6 aromatic rings. The molecule has 0 radical (unpaired) electrons. The smallest absolute Gasteiger partial charge is 0.305 e. The van der Waals surface area contributed by atoms with E-state index in [-0.39, 0.29) is 136 Å². The summed E-state index contributed by atoms with van der Waals surface area (Å²) >= 11 is 0. The van der Waals surface area contributed by atoms with E-state index < -0.39 is 77.5 Å². The number of aliphatic hydroxyl groups excluding tert-OH is 2. The summed E-state index contributed by atoms with van der Waals surface area (Å²) in [6, 6.07) is 28.1. The first-order chi connectivity index (χ1) is 56.7. The van der Waals surface area contributed by atoms with Gasteiger partial charge in [0.25, 0.3) is 29.5 Å². The van der Waals surface area contributed by atoms with Gasteiger partial charge in [0.15, 0.2) is 5.78 Å². The van der Waals surface area contributed by atoms with Crippen LogP contribution in [0, 0.1) is 5.92 Å². The average Bonchev–Trinajstić information content (AvgIpc) is 1.61. The molecule has 0 aliphatic carbocycles. The number of anilines is 3. The number of fused-ring (bicyclic) bond motifs is 4. The predicted molar refractivity (Wildman–Crippen MR) is 420 cm³/mol. The second-order valence-electron chi connectivity index (χ2n) is 29.6. The lowest BCUT2D eigenvalue weighted by Crippen LogP contribution is -2.54. The van der Waals surface area contributed by atoms with Crippen molar-refractivity contribution >= 4 is 88.0 Å². The monoisotopic (exact) mass is 1610 g/mol. The minimum Gasteiger partial charge on any atom is -0.481 e. The van der Waals surface area contributed by atoms with Crippen LogP contribution in [0.1, 0.15) is 142 Å². The molecular weight excluding hydrogens is 1510 g/mol. The number of aliphatic carboxylic acids is 1. The van der Waals surface area contributed by atoms with E-state index in [9.17, 15) is 67.7 Å². The van der Waals surface area contributed by atoms with Crippen LogP contribution in [0.15, 0.2) is 110 Å². The third-order valence-electron chi connectivity index (χ3n) is 21.1. The Balaban J connectivity index is 0.000000179. The maximum absolute atomic E-state index is 13.2. The number of carboxylic acid groups (broad SMARTS) is 1. The number of Topliss-reactive ketones (excluding diaryl/α,β-unsaturated/α-hetero) is 1. The third-order valence-corrected chi connectivity index (χ3v) is 21.1. The van der Waals surface area contributed by atoms with Gasteiger partial charge in [-0.2, -0.15) is 0 Å². The Hall–Kier alpha value is -11.3. The van der Waals surface area contributed by atoms with Gasteiger partial charge in [-0.05, 0) is 97.0 Å². The highest BCUT2D eigenvalue weighted by atomic mass is 16.5. The molecule has 0 saturated carbocycles. The number of amides is 10. The number of imide groups is 4. The Bertz CT molecular complexity index is 4620. The van der Waals surface area contributed by atoms with Crippen molar-refractivity contribution in [2.45, 2.75) is 114 Å². The van der Waals surface area contributed by atoms with E-state index in [0.29, 0.717) is 101 Å². The van der Waals surface area contributed by atoms with E-state index in [0.717, 1.165) is 67.6 Å². The lowest BCUT2D eigenvalue weighted by Gasteiger charge is -2.39. The Morgan fingerprint density at radius 3 is 1.58 bits per heavy atom. The lowest BCUT2D eigenvalue weighted by molar-refractivity contribution is -0.139. The number of likely N-dealkylation sites (tertiary alicyclic amines) is 1. The summed E-state index contributed by atoms with van der Waals surface area (Å²) in [4.78, 5) is 172. The molecule has 8 aliphatic rings. The molecule has 4 aromatic carbocycles. The molecule has 35 nitrogen and oxygen atoms in total. The van der Waals surface area contributed by atoms with Gasteiger partial charge in [0.1, 0.15) is 41.9 Å². The summed E-state index contributed by atoms with van der Waals surface area (Å²) in [7, 11) is 0. The number of ether oxygens (including phenoxy) is 4. The number of aromatic nitrogens is 4. The number of nitrogens with zero attached hydrogens (tertiary/aromatic N) is 9. The normalized spacial score (nSPS) is 18.4. The fourth-order valence-electron chi connectivity index (χ4n) is 14.9. The van der Waals surface area contributed by atoms with E-state index in [1.165, 1.54) is 47.0 Å². The van der Waals surface area contributed by atoms with Crippen LogP contribution in [-0.4, -0.2) is 286 Å².